The monoisotopic (exact) mass is 254 g/mol. The van der Waals surface area contributed by atoms with E-state index in [4.69, 9.17) is 0 Å². The lowest BCUT2D eigenvalue weighted by Gasteiger charge is -2.08. The van der Waals surface area contributed by atoms with Crippen LogP contribution in [0.1, 0.15) is 12.8 Å². The lowest BCUT2D eigenvalue weighted by atomic mass is 10.1. The van der Waals surface area contributed by atoms with Gasteiger partial charge in [0.1, 0.15) is 6.04 Å². The third-order valence-corrected chi connectivity index (χ3v) is 1.98. The third-order valence-electron chi connectivity index (χ3n) is 1.98. The molecule has 1 aliphatic rings. The van der Waals surface area contributed by atoms with Gasteiger partial charge in [-0.25, -0.2) is 9.59 Å². The van der Waals surface area contributed by atoms with Crippen LogP contribution in [0.5, 0.6) is 0 Å². The summed E-state index contributed by atoms with van der Waals surface area (Å²) in [6, 6.07) is -0.856. The highest BCUT2D eigenvalue weighted by Crippen LogP contribution is 2.14. The molecular weight excluding hydrogens is 245 g/mol. The van der Waals surface area contributed by atoms with Gasteiger partial charge < -0.3 is 15.4 Å². The number of alkyl carbamates (subject to hydrolysis) is 1. The summed E-state index contributed by atoms with van der Waals surface area (Å²) in [7, 11) is 0. The van der Waals surface area contributed by atoms with Crippen molar-refractivity contribution in [2.24, 2.45) is 0 Å². The van der Waals surface area contributed by atoms with Crippen LogP contribution in [-0.2, 0) is 14.3 Å². The Morgan fingerprint density at radius 3 is 2.53 bits per heavy atom. The van der Waals surface area contributed by atoms with Crippen molar-refractivity contribution in [2.45, 2.75) is 25.1 Å². The van der Waals surface area contributed by atoms with Gasteiger partial charge >= 0.3 is 24.1 Å². The van der Waals surface area contributed by atoms with E-state index in [9.17, 15) is 27.6 Å². The van der Waals surface area contributed by atoms with Gasteiger partial charge in [0, 0.05) is 6.54 Å². The van der Waals surface area contributed by atoms with Crippen LogP contribution >= 0.6 is 0 Å². The molecule has 6 nitrogen and oxygen atoms in total. The van der Waals surface area contributed by atoms with Crippen LogP contribution in [0.4, 0.5) is 18.0 Å². The zero-order chi connectivity index (χ0) is 13.1. The molecule has 1 heterocycles. The first-order valence-corrected chi connectivity index (χ1v) is 4.68. The molecule has 1 atom stereocenters. The molecule has 0 spiro atoms. The Labute approximate surface area is 93.5 Å². The zero-order valence-electron chi connectivity index (χ0n) is 8.47. The van der Waals surface area contributed by atoms with Gasteiger partial charge in [-0.1, -0.05) is 0 Å². The molecule has 2 N–H and O–H groups in total. The molecule has 2 amide bonds. The van der Waals surface area contributed by atoms with E-state index in [2.05, 4.69) is 10.1 Å². The topological polar surface area (TPSA) is 84.5 Å². The predicted octanol–water partition coefficient (Wildman–Crippen LogP) is 0.0801. The molecular formula is C8H9F3N2O4. The first-order chi connectivity index (χ1) is 7.80. The van der Waals surface area contributed by atoms with E-state index in [1.165, 1.54) is 0 Å². The average Bonchev–Trinajstić information content (AvgIpc) is 2.50. The molecule has 1 rings (SSSR count). The Balaban J connectivity index is 2.19. The number of carbonyl (C=O) groups is 3. The van der Waals surface area contributed by atoms with Crippen LogP contribution in [-0.4, -0.2) is 36.7 Å². The fraction of sp³-hybridized carbons (Fsp3) is 0.625. The van der Waals surface area contributed by atoms with Crippen molar-refractivity contribution in [3.63, 3.8) is 0 Å². The SMILES string of the molecule is O=C1N[C@@H](CCCNC(=O)C(F)(F)F)C(=O)O1. The minimum Gasteiger partial charge on any atom is -0.375 e. The first kappa shape index (κ1) is 13.3. The normalized spacial score (nSPS) is 19.8. The van der Waals surface area contributed by atoms with Crippen LogP contribution in [0.3, 0.4) is 0 Å². The van der Waals surface area contributed by atoms with Crippen LogP contribution in [0.15, 0.2) is 0 Å². The van der Waals surface area contributed by atoms with E-state index in [0.717, 1.165) is 0 Å². The van der Waals surface area contributed by atoms with Crippen LogP contribution < -0.4 is 10.6 Å². The van der Waals surface area contributed by atoms with E-state index in [-0.39, 0.29) is 19.4 Å². The number of hydrogen-bond donors (Lipinski definition) is 2. The number of esters is 1. The highest BCUT2D eigenvalue weighted by atomic mass is 19.4. The Kier molecular flexibility index (Phi) is 3.92. The van der Waals surface area contributed by atoms with Crippen molar-refractivity contribution in [3.05, 3.63) is 0 Å². The molecule has 9 heteroatoms. The summed E-state index contributed by atoms with van der Waals surface area (Å²) in [6.07, 6.45) is -5.58. The molecule has 1 aliphatic heterocycles. The Hall–Kier alpha value is -1.80. The maximum Gasteiger partial charge on any atom is 0.471 e. The summed E-state index contributed by atoms with van der Waals surface area (Å²) >= 11 is 0. The molecule has 0 aliphatic carbocycles. The fourth-order valence-electron chi connectivity index (χ4n) is 1.19. The van der Waals surface area contributed by atoms with Gasteiger partial charge in [-0.05, 0) is 12.8 Å². The summed E-state index contributed by atoms with van der Waals surface area (Å²) < 4.78 is 39.4. The standard InChI is InChI=1S/C8H9F3N2O4/c9-8(10,11)6(15)12-3-1-2-4-5(14)17-7(16)13-4/h4H,1-3H2,(H,12,15)(H,13,16)/t4-/m0/s1. The maximum absolute atomic E-state index is 11.7. The fourth-order valence-corrected chi connectivity index (χ4v) is 1.19. The molecule has 0 aromatic rings. The number of carbonyl (C=O) groups excluding carboxylic acids is 3. The number of hydrogen-bond acceptors (Lipinski definition) is 4. The van der Waals surface area contributed by atoms with Crippen molar-refractivity contribution >= 4 is 18.0 Å². The second kappa shape index (κ2) is 5.02. The van der Waals surface area contributed by atoms with Gasteiger partial charge in [0.05, 0.1) is 0 Å². The molecule has 1 saturated heterocycles. The van der Waals surface area contributed by atoms with Gasteiger partial charge in [0.2, 0.25) is 0 Å². The number of rotatable bonds is 4. The Morgan fingerprint density at radius 2 is 2.06 bits per heavy atom. The quantitative estimate of drug-likeness (QED) is 0.422. The zero-order valence-corrected chi connectivity index (χ0v) is 8.47. The van der Waals surface area contributed by atoms with Gasteiger partial charge in [0.25, 0.3) is 0 Å². The summed E-state index contributed by atoms with van der Waals surface area (Å²) in [5, 5.41) is 3.82. The Morgan fingerprint density at radius 1 is 1.41 bits per heavy atom. The maximum atomic E-state index is 11.7. The lowest BCUT2D eigenvalue weighted by Crippen LogP contribution is -2.38. The molecule has 17 heavy (non-hydrogen) atoms. The second-order valence-electron chi connectivity index (χ2n) is 3.30. The van der Waals surface area contributed by atoms with Crippen LogP contribution in [0, 0.1) is 0 Å². The lowest BCUT2D eigenvalue weighted by molar-refractivity contribution is -0.173. The van der Waals surface area contributed by atoms with E-state index < -0.39 is 30.2 Å². The van der Waals surface area contributed by atoms with Crippen LogP contribution in [0.2, 0.25) is 0 Å². The van der Waals surface area contributed by atoms with Gasteiger partial charge in [-0.15, -0.1) is 0 Å². The first-order valence-electron chi connectivity index (χ1n) is 4.68. The largest absolute Gasteiger partial charge is 0.471 e. The molecule has 0 saturated carbocycles. The predicted molar refractivity (Wildman–Crippen MR) is 46.7 cm³/mol. The van der Waals surface area contributed by atoms with Crippen LogP contribution in [0.25, 0.3) is 0 Å². The molecule has 1 fully saturated rings. The number of amides is 2. The smallest absolute Gasteiger partial charge is 0.375 e. The minimum absolute atomic E-state index is 0.0999. The van der Waals surface area contributed by atoms with Crippen molar-refractivity contribution in [3.8, 4) is 0 Å². The van der Waals surface area contributed by atoms with Gasteiger partial charge in [-0.2, -0.15) is 13.2 Å². The summed E-state index contributed by atoms with van der Waals surface area (Å²) in [5.41, 5.74) is 0. The molecule has 0 aromatic heterocycles. The number of nitrogens with one attached hydrogen (secondary N) is 2. The highest BCUT2D eigenvalue weighted by Gasteiger charge is 2.38. The summed E-state index contributed by atoms with van der Waals surface area (Å²) in [5.74, 6) is -2.80. The molecule has 0 bridgehead atoms. The molecule has 96 valence electrons. The molecule has 0 radical (unpaired) electrons. The van der Waals surface area contributed by atoms with Crippen molar-refractivity contribution in [1.82, 2.24) is 10.6 Å². The number of alkyl halides is 3. The van der Waals surface area contributed by atoms with E-state index in [1.807, 2.05) is 0 Å². The van der Waals surface area contributed by atoms with E-state index in [0.29, 0.717) is 0 Å². The number of cyclic esters (lactones) is 2. The van der Waals surface area contributed by atoms with E-state index in [1.54, 1.807) is 5.32 Å². The summed E-state index contributed by atoms with van der Waals surface area (Å²) in [4.78, 5) is 31.8. The van der Waals surface area contributed by atoms with Crippen molar-refractivity contribution in [1.29, 1.82) is 0 Å². The highest BCUT2D eigenvalue weighted by molar-refractivity contribution is 5.95. The second-order valence-corrected chi connectivity index (χ2v) is 3.30. The Bertz CT molecular complexity index is 342. The number of ether oxygens (including phenoxy) is 1. The molecule has 0 aromatic carbocycles. The minimum atomic E-state index is -4.92. The number of halogens is 3. The van der Waals surface area contributed by atoms with Crippen molar-refractivity contribution < 1.29 is 32.3 Å². The van der Waals surface area contributed by atoms with Gasteiger partial charge in [-0.3, -0.25) is 4.79 Å². The van der Waals surface area contributed by atoms with Gasteiger partial charge in [0.15, 0.2) is 0 Å². The molecule has 0 unspecified atom stereocenters. The average molecular weight is 254 g/mol. The van der Waals surface area contributed by atoms with E-state index >= 15 is 0 Å². The van der Waals surface area contributed by atoms with Crippen molar-refractivity contribution in [2.75, 3.05) is 6.54 Å². The summed E-state index contributed by atoms with van der Waals surface area (Å²) in [6.45, 7) is -0.238. The third kappa shape index (κ3) is 3.93.